The average Bonchev–Trinajstić information content (AvgIpc) is 2.32. The minimum Gasteiger partial charge on any atom is -0.390 e. The number of rotatable bonds is 6. The summed E-state index contributed by atoms with van der Waals surface area (Å²) >= 11 is 12.2. The second kappa shape index (κ2) is 7.19. The lowest BCUT2D eigenvalue weighted by molar-refractivity contribution is -0.115. The summed E-state index contributed by atoms with van der Waals surface area (Å²) in [5.41, 5.74) is 0.599. The van der Waals surface area contributed by atoms with Crippen LogP contribution in [0, 0.1) is 0 Å². The van der Waals surface area contributed by atoms with Crippen molar-refractivity contribution < 1.29 is 14.6 Å². The molecule has 0 amide bonds. The van der Waals surface area contributed by atoms with Crippen molar-refractivity contribution in [1.82, 2.24) is 0 Å². The van der Waals surface area contributed by atoms with Crippen molar-refractivity contribution >= 4 is 23.2 Å². The molecular formula is C12H16Cl2O3. The van der Waals surface area contributed by atoms with Crippen LogP contribution in [-0.2, 0) is 9.47 Å². The van der Waals surface area contributed by atoms with Gasteiger partial charge in [0.05, 0.1) is 6.10 Å². The molecule has 2 unspecified atom stereocenters. The Labute approximate surface area is 111 Å². The molecule has 0 bridgehead atoms. The van der Waals surface area contributed by atoms with Crippen LogP contribution in [0.2, 0.25) is 10.0 Å². The summed E-state index contributed by atoms with van der Waals surface area (Å²) in [5, 5.41) is 10.9. The highest BCUT2D eigenvalue weighted by Gasteiger charge is 2.25. The second-order valence-corrected chi connectivity index (χ2v) is 4.42. The third kappa shape index (κ3) is 3.83. The van der Waals surface area contributed by atoms with Crippen LogP contribution in [0.15, 0.2) is 18.2 Å². The molecule has 1 N–H and O–H groups in total. The van der Waals surface area contributed by atoms with Crippen LogP contribution in [0.3, 0.4) is 0 Å². The summed E-state index contributed by atoms with van der Waals surface area (Å²) in [6, 6.07) is 5.18. The van der Waals surface area contributed by atoms with Crippen LogP contribution in [0.1, 0.15) is 25.0 Å². The maximum absolute atomic E-state index is 9.95. The van der Waals surface area contributed by atoms with E-state index in [1.54, 1.807) is 18.2 Å². The Morgan fingerprint density at radius 1 is 1.29 bits per heavy atom. The molecule has 0 saturated heterocycles. The molecule has 0 radical (unpaired) electrons. The van der Waals surface area contributed by atoms with E-state index in [1.807, 2.05) is 6.92 Å². The van der Waals surface area contributed by atoms with Gasteiger partial charge in [0, 0.05) is 22.7 Å². The number of benzene rings is 1. The monoisotopic (exact) mass is 278 g/mol. The fraction of sp³-hybridized carbons (Fsp3) is 0.500. The Bertz CT molecular complexity index is 337. The van der Waals surface area contributed by atoms with Crippen molar-refractivity contribution in [3.8, 4) is 0 Å². The van der Waals surface area contributed by atoms with Crippen molar-refractivity contribution in [2.24, 2.45) is 0 Å². The van der Waals surface area contributed by atoms with Gasteiger partial charge >= 0.3 is 0 Å². The maximum Gasteiger partial charge on any atom is 0.147 e. The van der Waals surface area contributed by atoms with Gasteiger partial charge in [-0.2, -0.15) is 0 Å². The van der Waals surface area contributed by atoms with Gasteiger partial charge in [0.1, 0.15) is 12.9 Å². The molecule has 0 aliphatic heterocycles. The zero-order chi connectivity index (χ0) is 12.8. The van der Waals surface area contributed by atoms with Gasteiger partial charge < -0.3 is 14.6 Å². The van der Waals surface area contributed by atoms with Gasteiger partial charge in [0.25, 0.3) is 0 Å². The summed E-state index contributed by atoms with van der Waals surface area (Å²) in [7, 11) is 1.52. The molecule has 3 nitrogen and oxygen atoms in total. The van der Waals surface area contributed by atoms with Crippen LogP contribution < -0.4 is 0 Å². The highest BCUT2D eigenvalue weighted by molar-refractivity contribution is 6.36. The number of hydrogen-bond acceptors (Lipinski definition) is 3. The molecule has 0 fully saturated rings. The lowest BCUT2D eigenvalue weighted by Crippen LogP contribution is -2.22. The Morgan fingerprint density at radius 3 is 2.35 bits per heavy atom. The van der Waals surface area contributed by atoms with E-state index in [2.05, 4.69) is 0 Å². The van der Waals surface area contributed by atoms with Crippen LogP contribution in [0.4, 0.5) is 0 Å². The highest BCUT2D eigenvalue weighted by atomic mass is 35.5. The van der Waals surface area contributed by atoms with Gasteiger partial charge in [-0.1, -0.05) is 36.2 Å². The number of aliphatic hydroxyl groups excluding tert-OH is 1. The molecule has 1 rings (SSSR count). The van der Waals surface area contributed by atoms with Gasteiger partial charge in [0.15, 0.2) is 0 Å². The fourth-order valence-corrected chi connectivity index (χ4v) is 2.14. The second-order valence-electron chi connectivity index (χ2n) is 3.60. The minimum atomic E-state index is -0.678. The van der Waals surface area contributed by atoms with Gasteiger partial charge in [-0.15, -0.1) is 0 Å². The first-order chi connectivity index (χ1) is 8.11. The average molecular weight is 279 g/mol. The number of halogens is 2. The Kier molecular flexibility index (Phi) is 6.23. The van der Waals surface area contributed by atoms with Crippen LogP contribution in [-0.4, -0.2) is 25.1 Å². The van der Waals surface area contributed by atoms with E-state index >= 15 is 0 Å². The molecule has 1 aromatic rings. The van der Waals surface area contributed by atoms with Crippen molar-refractivity contribution in [3.05, 3.63) is 33.8 Å². The lowest BCUT2D eigenvalue weighted by atomic mass is 10.0. The van der Waals surface area contributed by atoms with Crippen LogP contribution >= 0.6 is 23.2 Å². The first kappa shape index (κ1) is 14.7. The van der Waals surface area contributed by atoms with Gasteiger partial charge in [-0.05, 0) is 18.6 Å². The summed E-state index contributed by atoms with van der Waals surface area (Å²) in [5.74, 6) is 0. The van der Waals surface area contributed by atoms with Crippen molar-refractivity contribution in [3.63, 3.8) is 0 Å². The Hall–Kier alpha value is -0.320. The van der Waals surface area contributed by atoms with E-state index in [1.165, 1.54) is 7.11 Å². The third-order valence-corrected chi connectivity index (χ3v) is 3.08. The molecule has 1 aromatic carbocycles. The molecule has 17 heavy (non-hydrogen) atoms. The third-order valence-electron chi connectivity index (χ3n) is 2.42. The normalized spacial score (nSPS) is 14.6. The predicted octanol–water partition coefficient (Wildman–Crippen LogP) is 3.43. The zero-order valence-corrected chi connectivity index (χ0v) is 11.3. The predicted molar refractivity (Wildman–Crippen MR) is 68.5 cm³/mol. The number of hydrogen-bond donors (Lipinski definition) is 1. The quantitative estimate of drug-likeness (QED) is 0.811. The highest BCUT2D eigenvalue weighted by Crippen LogP contribution is 2.35. The molecule has 96 valence electrons. The maximum atomic E-state index is 9.95. The SMILES string of the molecule is CCC(O)C(OCOC)c1c(Cl)cccc1Cl. The smallest absolute Gasteiger partial charge is 0.147 e. The van der Waals surface area contributed by atoms with E-state index in [0.29, 0.717) is 22.0 Å². The molecule has 0 heterocycles. The van der Waals surface area contributed by atoms with Crippen LogP contribution in [0.5, 0.6) is 0 Å². The molecule has 0 aliphatic rings. The Balaban J connectivity index is 3.03. The molecule has 5 heteroatoms. The summed E-state index contributed by atoms with van der Waals surface area (Å²) in [4.78, 5) is 0. The summed E-state index contributed by atoms with van der Waals surface area (Å²) < 4.78 is 10.3. The lowest BCUT2D eigenvalue weighted by Gasteiger charge is -2.24. The van der Waals surface area contributed by atoms with Gasteiger partial charge in [-0.3, -0.25) is 0 Å². The van der Waals surface area contributed by atoms with Crippen molar-refractivity contribution in [2.75, 3.05) is 13.9 Å². The molecule has 0 saturated carbocycles. The standard InChI is InChI=1S/C12H16Cl2O3/c1-3-10(15)12(17-7-16-2)11-8(13)5-4-6-9(11)14/h4-6,10,12,15H,3,7H2,1-2H3. The van der Waals surface area contributed by atoms with Gasteiger partial charge in [0.2, 0.25) is 0 Å². The van der Waals surface area contributed by atoms with E-state index in [9.17, 15) is 5.11 Å². The van der Waals surface area contributed by atoms with E-state index < -0.39 is 12.2 Å². The van der Waals surface area contributed by atoms with Gasteiger partial charge in [-0.25, -0.2) is 0 Å². The van der Waals surface area contributed by atoms with E-state index in [0.717, 1.165) is 0 Å². The largest absolute Gasteiger partial charge is 0.390 e. The number of methoxy groups -OCH3 is 1. The first-order valence-electron chi connectivity index (χ1n) is 5.34. The molecular weight excluding hydrogens is 263 g/mol. The number of ether oxygens (including phenoxy) is 2. The minimum absolute atomic E-state index is 0.0727. The van der Waals surface area contributed by atoms with Crippen molar-refractivity contribution in [1.29, 1.82) is 0 Å². The molecule has 0 aromatic heterocycles. The topological polar surface area (TPSA) is 38.7 Å². The summed E-state index contributed by atoms with van der Waals surface area (Å²) in [6.45, 7) is 1.93. The fourth-order valence-electron chi connectivity index (χ4n) is 1.52. The Morgan fingerprint density at radius 2 is 1.88 bits per heavy atom. The molecule has 0 spiro atoms. The summed E-state index contributed by atoms with van der Waals surface area (Å²) in [6.07, 6.45) is -0.723. The molecule has 2 atom stereocenters. The van der Waals surface area contributed by atoms with Crippen molar-refractivity contribution in [2.45, 2.75) is 25.6 Å². The van der Waals surface area contributed by atoms with E-state index in [4.69, 9.17) is 32.7 Å². The van der Waals surface area contributed by atoms with Crippen LogP contribution in [0.25, 0.3) is 0 Å². The van der Waals surface area contributed by atoms with E-state index in [-0.39, 0.29) is 6.79 Å². The zero-order valence-electron chi connectivity index (χ0n) is 9.82. The first-order valence-corrected chi connectivity index (χ1v) is 6.09. The number of aliphatic hydroxyl groups is 1. The molecule has 0 aliphatic carbocycles.